The fourth-order valence-corrected chi connectivity index (χ4v) is 3.37. The Balaban J connectivity index is 2.22. The Bertz CT molecular complexity index is 695. The second-order valence-corrected chi connectivity index (χ2v) is 6.80. The van der Waals surface area contributed by atoms with Crippen LogP contribution in [0.1, 0.15) is 37.7 Å². The zero-order chi connectivity index (χ0) is 15.5. The molecule has 1 aromatic carbocycles. The second-order valence-electron chi connectivity index (χ2n) is 4.68. The molecule has 0 aliphatic heterocycles. The van der Waals surface area contributed by atoms with Crippen LogP contribution < -0.4 is 4.72 Å². The number of hydrogen-bond acceptors (Lipinski definition) is 3. The van der Waals surface area contributed by atoms with Gasteiger partial charge in [-0.3, -0.25) is 0 Å². The van der Waals surface area contributed by atoms with Gasteiger partial charge in [0.15, 0.2) is 5.03 Å². The smallest absolute Gasteiger partial charge is 0.258 e. The van der Waals surface area contributed by atoms with Crippen molar-refractivity contribution < 1.29 is 8.42 Å². The largest absolute Gasteiger partial charge is 0.332 e. The minimum absolute atomic E-state index is 0.0896. The number of nitrogens with one attached hydrogen (secondary N) is 2. The van der Waals surface area contributed by atoms with Gasteiger partial charge in [-0.1, -0.05) is 37.6 Å². The summed E-state index contributed by atoms with van der Waals surface area (Å²) in [5, 5.41) is 0.712. The van der Waals surface area contributed by atoms with Crippen molar-refractivity contribution in [3.63, 3.8) is 0 Å². The lowest BCUT2D eigenvalue weighted by atomic mass is 10.1. The highest BCUT2D eigenvalue weighted by Gasteiger charge is 2.22. The summed E-state index contributed by atoms with van der Waals surface area (Å²) in [5.74, 6) is 0.648. The van der Waals surface area contributed by atoms with E-state index in [1.165, 1.54) is 6.20 Å². The van der Waals surface area contributed by atoms with Crippen molar-refractivity contribution in [2.75, 3.05) is 0 Å². The number of sulfonamides is 1. The fraction of sp³-hybridized carbons (Fsp3) is 0.357. The first kappa shape index (κ1) is 16.0. The van der Waals surface area contributed by atoms with Gasteiger partial charge in [0.25, 0.3) is 10.0 Å². The van der Waals surface area contributed by atoms with E-state index in [0.717, 1.165) is 5.56 Å². The molecule has 1 unspecified atom stereocenters. The Kier molecular flexibility index (Phi) is 5.03. The topological polar surface area (TPSA) is 74.8 Å². The van der Waals surface area contributed by atoms with Crippen molar-refractivity contribution in [1.82, 2.24) is 14.7 Å². The molecule has 1 atom stereocenters. The predicted molar refractivity (Wildman–Crippen MR) is 82.8 cm³/mol. The number of benzene rings is 1. The molecule has 1 heterocycles. The van der Waals surface area contributed by atoms with Crippen molar-refractivity contribution in [1.29, 1.82) is 0 Å². The number of aromatic amines is 1. The molecule has 0 aliphatic carbocycles. The summed E-state index contributed by atoms with van der Waals surface area (Å²) in [7, 11) is -3.62. The Labute approximate surface area is 129 Å². The summed E-state index contributed by atoms with van der Waals surface area (Å²) in [4.78, 5) is 6.84. The Hall–Kier alpha value is -1.37. The molecule has 0 saturated carbocycles. The van der Waals surface area contributed by atoms with Gasteiger partial charge in [-0.15, -0.1) is 0 Å². The monoisotopic (exact) mass is 327 g/mol. The molecular formula is C14H18ClN3O2S. The van der Waals surface area contributed by atoms with E-state index in [1.807, 2.05) is 26.0 Å². The molecule has 0 amide bonds. The highest BCUT2D eigenvalue weighted by molar-refractivity contribution is 7.89. The molecule has 0 fully saturated rings. The van der Waals surface area contributed by atoms with Gasteiger partial charge in [0.1, 0.15) is 5.82 Å². The number of aryl methyl sites for hydroxylation is 1. The van der Waals surface area contributed by atoms with Gasteiger partial charge in [-0.2, -0.15) is 0 Å². The van der Waals surface area contributed by atoms with Crippen LogP contribution >= 0.6 is 11.6 Å². The molecule has 7 heteroatoms. The maximum atomic E-state index is 12.4. The molecule has 114 valence electrons. The predicted octanol–water partition coefficient (Wildman–Crippen LogP) is 3.06. The van der Waals surface area contributed by atoms with Gasteiger partial charge in [-0.05, 0) is 24.1 Å². The van der Waals surface area contributed by atoms with Crippen LogP contribution in [-0.2, 0) is 16.4 Å². The maximum Gasteiger partial charge on any atom is 0.258 e. The average Bonchev–Trinajstić information content (AvgIpc) is 2.95. The van der Waals surface area contributed by atoms with E-state index in [0.29, 0.717) is 23.7 Å². The van der Waals surface area contributed by atoms with Gasteiger partial charge in [0.2, 0.25) is 0 Å². The summed E-state index contributed by atoms with van der Waals surface area (Å²) in [6, 6.07) is 6.84. The number of hydrogen-bond donors (Lipinski definition) is 2. The lowest BCUT2D eigenvalue weighted by Gasteiger charge is -2.17. The van der Waals surface area contributed by atoms with E-state index >= 15 is 0 Å². The summed E-state index contributed by atoms with van der Waals surface area (Å²) < 4.78 is 27.4. The van der Waals surface area contributed by atoms with Crippen LogP contribution in [0.15, 0.2) is 35.5 Å². The highest BCUT2D eigenvalue weighted by Crippen LogP contribution is 2.21. The van der Waals surface area contributed by atoms with E-state index in [4.69, 9.17) is 11.6 Å². The van der Waals surface area contributed by atoms with Crippen molar-refractivity contribution in [2.24, 2.45) is 0 Å². The third-order valence-electron chi connectivity index (χ3n) is 3.21. The van der Waals surface area contributed by atoms with Crippen molar-refractivity contribution in [2.45, 2.75) is 37.8 Å². The molecule has 21 heavy (non-hydrogen) atoms. The molecule has 2 aromatic rings. The Morgan fingerprint density at radius 2 is 1.95 bits per heavy atom. The van der Waals surface area contributed by atoms with E-state index in [2.05, 4.69) is 14.7 Å². The molecular weight excluding hydrogens is 310 g/mol. The first-order valence-electron chi connectivity index (χ1n) is 6.78. The number of imidazole rings is 1. The van der Waals surface area contributed by atoms with Gasteiger partial charge in [0, 0.05) is 17.5 Å². The minimum Gasteiger partial charge on any atom is -0.332 e. The molecule has 0 spiro atoms. The van der Waals surface area contributed by atoms with Crippen LogP contribution in [0.4, 0.5) is 0 Å². The Morgan fingerprint density at radius 3 is 2.48 bits per heavy atom. The Morgan fingerprint density at radius 1 is 1.29 bits per heavy atom. The number of halogens is 1. The highest BCUT2D eigenvalue weighted by atomic mass is 35.5. The third kappa shape index (κ3) is 3.84. The van der Waals surface area contributed by atoms with Crippen LogP contribution in [0.5, 0.6) is 0 Å². The summed E-state index contributed by atoms with van der Waals surface area (Å²) >= 11 is 5.86. The zero-order valence-corrected chi connectivity index (χ0v) is 13.5. The standard InChI is InChI=1S/C14H18ClN3O2S/c1-3-12(10-5-7-11(15)8-6-10)18-21(19,20)14-9-16-13(4-2)17-14/h5-9,12,18H,3-4H2,1-2H3,(H,16,17). The molecule has 0 saturated heterocycles. The van der Waals surface area contributed by atoms with Gasteiger partial charge in [-0.25, -0.2) is 18.1 Å². The zero-order valence-electron chi connectivity index (χ0n) is 11.9. The quantitative estimate of drug-likeness (QED) is 0.856. The summed E-state index contributed by atoms with van der Waals surface area (Å²) in [6.45, 7) is 3.83. The van der Waals surface area contributed by atoms with Crippen molar-refractivity contribution in [3.8, 4) is 0 Å². The molecule has 1 aromatic heterocycles. The summed E-state index contributed by atoms with van der Waals surface area (Å²) in [5.41, 5.74) is 0.876. The van der Waals surface area contributed by atoms with E-state index in [1.54, 1.807) is 12.1 Å². The first-order chi connectivity index (χ1) is 9.96. The van der Waals surface area contributed by atoms with E-state index < -0.39 is 10.0 Å². The molecule has 2 N–H and O–H groups in total. The SMILES string of the molecule is CCc1ncc(S(=O)(=O)NC(CC)c2ccc(Cl)cc2)[nH]1. The molecule has 2 rings (SSSR count). The molecule has 0 aliphatic rings. The van der Waals surface area contributed by atoms with Crippen LogP contribution in [-0.4, -0.2) is 18.4 Å². The van der Waals surface area contributed by atoms with Crippen LogP contribution in [0.3, 0.4) is 0 Å². The minimum atomic E-state index is -3.62. The van der Waals surface area contributed by atoms with Crippen molar-refractivity contribution >= 4 is 21.6 Å². The molecule has 0 bridgehead atoms. The lowest BCUT2D eigenvalue weighted by molar-refractivity contribution is 0.547. The number of nitrogens with zero attached hydrogens (tertiary/aromatic N) is 1. The van der Waals surface area contributed by atoms with Gasteiger partial charge >= 0.3 is 0 Å². The van der Waals surface area contributed by atoms with Gasteiger partial charge < -0.3 is 4.98 Å². The third-order valence-corrected chi connectivity index (χ3v) is 4.84. The first-order valence-corrected chi connectivity index (χ1v) is 8.64. The number of rotatable bonds is 6. The second kappa shape index (κ2) is 6.60. The van der Waals surface area contributed by atoms with Crippen LogP contribution in [0, 0.1) is 0 Å². The van der Waals surface area contributed by atoms with Crippen LogP contribution in [0.25, 0.3) is 0 Å². The van der Waals surface area contributed by atoms with E-state index in [-0.39, 0.29) is 11.1 Å². The molecule has 0 radical (unpaired) electrons. The number of aromatic nitrogens is 2. The molecule has 5 nitrogen and oxygen atoms in total. The van der Waals surface area contributed by atoms with E-state index in [9.17, 15) is 8.42 Å². The lowest BCUT2D eigenvalue weighted by Crippen LogP contribution is -2.28. The van der Waals surface area contributed by atoms with Crippen molar-refractivity contribution in [3.05, 3.63) is 46.9 Å². The average molecular weight is 328 g/mol. The number of H-pyrrole nitrogens is 1. The summed E-state index contributed by atoms with van der Waals surface area (Å²) in [6.07, 6.45) is 2.63. The normalized spacial score (nSPS) is 13.3. The maximum absolute atomic E-state index is 12.4. The van der Waals surface area contributed by atoms with Crippen LogP contribution in [0.2, 0.25) is 5.02 Å². The fourth-order valence-electron chi connectivity index (χ4n) is 1.99. The van der Waals surface area contributed by atoms with Gasteiger partial charge in [0.05, 0.1) is 6.20 Å².